The second-order valence-corrected chi connectivity index (χ2v) is 8.87. The topological polar surface area (TPSA) is 98.7 Å². The monoisotopic (exact) mass is 489 g/mol. The van der Waals surface area contributed by atoms with Crippen molar-refractivity contribution in [2.45, 2.75) is 18.9 Å². The first-order valence-corrected chi connectivity index (χ1v) is 11.6. The third kappa shape index (κ3) is 5.23. The van der Waals surface area contributed by atoms with Crippen molar-refractivity contribution >= 4 is 28.3 Å². The van der Waals surface area contributed by atoms with Crippen molar-refractivity contribution in [1.29, 1.82) is 0 Å². The molecule has 0 bridgehead atoms. The lowest BCUT2D eigenvalue weighted by Crippen LogP contribution is -2.40. The normalized spacial score (nSPS) is 19.9. The number of carbonyl (C=O) groups excluding carboxylic acids is 1. The zero-order chi connectivity index (χ0) is 23.5. The van der Waals surface area contributed by atoms with Crippen LogP contribution < -0.4 is 19.7 Å². The molecule has 0 radical (unpaired) electrons. The Morgan fingerprint density at radius 1 is 1.12 bits per heavy atom. The lowest BCUT2D eigenvalue weighted by atomic mass is 9.81. The predicted octanol–water partition coefficient (Wildman–Crippen LogP) is 3.64. The number of thiazole rings is 1. The molecule has 34 heavy (non-hydrogen) atoms. The number of carbonyl (C=O) groups is 1. The molecule has 2 aromatic heterocycles. The van der Waals surface area contributed by atoms with E-state index in [1.807, 2.05) is 4.90 Å². The fraction of sp³-hybridized carbons (Fsp3) is 0.364. The highest BCUT2D eigenvalue weighted by molar-refractivity contribution is 7.17. The quantitative estimate of drug-likeness (QED) is 0.537. The first-order valence-electron chi connectivity index (χ1n) is 10.7. The number of nitrogens with zero attached hydrogens (tertiary/aromatic N) is 4. The molecule has 1 N–H and O–H groups in total. The molecule has 0 atom stereocenters. The highest BCUT2D eigenvalue weighted by Gasteiger charge is 2.37. The summed E-state index contributed by atoms with van der Waals surface area (Å²) >= 11 is 1.18. The van der Waals surface area contributed by atoms with E-state index in [2.05, 4.69) is 20.3 Å². The molecule has 1 amide bonds. The number of halogens is 2. The van der Waals surface area contributed by atoms with Crippen molar-refractivity contribution in [3.63, 3.8) is 0 Å². The van der Waals surface area contributed by atoms with Crippen LogP contribution >= 0.6 is 11.3 Å². The maximum Gasteiger partial charge on any atom is 0.229 e. The van der Waals surface area contributed by atoms with Gasteiger partial charge in [-0.15, -0.1) is 0 Å². The number of amides is 1. The number of nitrogens with one attached hydrogen (secondary N) is 1. The maximum atomic E-state index is 13.7. The van der Waals surface area contributed by atoms with Gasteiger partial charge < -0.3 is 24.4 Å². The Kier molecular flexibility index (Phi) is 6.50. The summed E-state index contributed by atoms with van der Waals surface area (Å²) in [5, 5.41) is 3.65. The molecular weight excluding hydrogens is 468 g/mol. The molecule has 2 fully saturated rings. The van der Waals surface area contributed by atoms with Crippen molar-refractivity contribution < 1.29 is 27.8 Å². The molecule has 9 nitrogen and oxygen atoms in total. The highest BCUT2D eigenvalue weighted by Crippen LogP contribution is 2.35. The van der Waals surface area contributed by atoms with Gasteiger partial charge in [0.1, 0.15) is 11.9 Å². The van der Waals surface area contributed by atoms with Crippen LogP contribution in [0.2, 0.25) is 0 Å². The largest absolute Gasteiger partial charge is 0.487 e. The van der Waals surface area contributed by atoms with Crippen LogP contribution in [0.15, 0.2) is 36.8 Å². The molecule has 3 aromatic rings. The van der Waals surface area contributed by atoms with Gasteiger partial charge in [0.05, 0.1) is 31.8 Å². The summed E-state index contributed by atoms with van der Waals surface area (Å²) < 4.78 is 43.3. The van der Waals surface area contributed by atoms with E-state index in [1.165, 1.54) is 23.6 Å². The summed E-state index contributed by atoms with van der Waals surface area (Å²) in [7, 11) is 0. The predicted molar refractivity (Wildman–Crippen MR) is 119 cm³/mol. The first kappa shape index (κ1) is 22.4. The molecule has 3 heterocycles. The molecule has 1 aliphatic carbocycles. The fourth-order valence-corrected chi connectivity index (χ4v) is 4.29. The van der Waals surface area contributed by atoms with E-state index in [-0.39, 0.29) is 23.7 Å². The first-order chi connectivity index (χ1) is 16.5. The summed E-state index contributed by atoms with van der Waals surface area (Å²) in [6, 6.07) is 3.15. The van der Waals surface area contributed by atoms with Crippen LogP contribution in [0, 0.1) is 17.6 Å². The van der Waals surface area contributed by atoms with Crippen molar-refractivity contribution in [3.8, 4) is 16.6 Å². The second kappa shape index (κ2) is 9.85. The van der Waals surface area contributed by atoms with Crippen LogP contribution in [0.1, 0.15) is 12.8 Å². The summed E-state index contributed by atoms with van der Waals surface area (Å²) in [5.74, 6) is -0.830. The Labute approximate surface area is 197 Å². The van der Waals surface area contributed by atoms with E-state index in [9.17, 15) is 13.6 Å². The van der Waals surface area contributed by atoms with E-state index in [0.29, 0.717) is 47.9 Å². The lowest BCUT2D eigenvalue weighted by molar-refractivity contribution is -0.125. The van der Waals surface area contributed by atoms with Gasteiger partial charge in [-0.25, -0.2) is 23.7 Å². The van der Waals surface area contributed by atoms with Gasteiger partial charge >= 0.3 is 0 Å². The number of aromatic nitrogens is 3. The average Bonchev–Trinajstić information content (AvgIpc) is 3.24. The Morgan fingerprint density at radius 3 is 2.62 bits per heavy atom. The number of ether oxygens (including phenoxy) is 3. The smallest absolute Gasteiger partial charge is 0.229 e. The van der Waals surface area contributed by atoms with E-state index < -0.39 is 11.6 Å². The molecule has 12 heteroatoms. The molecular formula is C22H21F2N5O4S. The molecule has 1 aromatic carbocycles. The molecule has 1 saturated heterocycles. The molecule has 178 valence electrons. The number of benzene rings is 1. The van der Waals surface area contributed by atoms with Gasteiger partial charge in [0.25, 0.3) is 0 Å². The Morgan fingerprint density at radius 2 is 1.88 bits per heavy atom. The highest BCUT2D eigenvalue weighted by atomic mass is 32.1. The number of hydrogen-bond acceptors (Lipinski definition) is 9. The molecule has 1 aliphatic heterocycles. The lowest BCUT2D eigenvalue weighted by Gasteiger charge is -2.34. The molecule has 2 aliphatic rings. The molecule has 0 unspecified atom stereocenters. The number of anilines is 2. The van der Waals surface area contributed by atoms with E-state index in [1.54, 1.807) is 12.4 Å². The van der Waals surface area contributed by atoms with Crippen LogP contribution in [0.4, 0.5) is 19.9 Å². The van der Waals surface area contributed by atoms with Gasteiger partial charge in [-0.2, -0.15) is 0 Å². The third-order valence-electron chi connectivity index (χ3n) is 5.49. The van der Waals surface area contributed by atoms with Crippen LogP contribution in [-0.2, 0) is 9.53 Å². The van der Waals surface area contributed by atoms with Gasteiger partial charge in [0, 0.05) is 25.1 Å². The van der Waals surface area contributed by atoms with E-state index >= 15 is 0 Å². The van der Waals surface area contributed by atoms with Gasteiger partial charge in [-0.3, -0.25) is 4.79 Å². The van der Waals surface area contributed by atoms with Gasteiger partial charge in [0.15, 0.2) is 22.4 Å². The van der Waals surface area contributed by atoms with Crippen LogP contribution in [0.25, 0.3) is 0 Å². The summed E-state index contributed by atoms with van der Waals surface area (Å²) in [5.41, 5.74) is 0. The van der Waals surface area contributed by atoms with Crippen molar-refractivity contribution in [1.82, 2.24) is 15.0 Å². The molecule has 1 saturated carbocycles. The Bertz CT molecular complexity index is 1150. The molecule has 0 spiro atoms. The van der Waals surface area contributed by atoms with Crippen molar-refractivity contribution in [2.24, 2.45) is 5.92 Å². The minimum Gasteiger partial charge on any atom is -0.487 e. The minimum absolute atomic E-state index is 0.0195. The van der Waals surface area contributed by atoms with E-state index in [4.69, 9.17) is 14.2 Å². The Hall–Kier alpha value is -3.38. The van der Waals surface area contributed by atoms with Crippen LogP contribution in [0.3, 0.4) is 0 Å². The number of morpholine rings is 1. The van der Waals surface area contributed by atoms with Gasteiger partial charge in [-0.05, 0) is 25.0 Å². The van der Waals surface area contributed by atoms with Crippen molar-refractivity contribution in [3.05, 3.63) is 48.4 Å². The van der Waals surface area contributed by atoms with Crippen LogP contribution in [0.5, 0.6) is 16.6 Å². The zero-order valence-electron chi connectivity index (χ0n) is 17.9. The van der Waals surface area contributed by atoms with E-state index in [0.717, 1.165) is 25.2 Å². The van der Waals surface area contributed by atoms with Crippen LogP contribution in [-0.4, -0.2) is 53.3 Å². The number of rotatable bonds is 7. The summed E-state index contributed by atoms with van der Waals surface area (Å²) in [6.45, 7) is 2.79. The SMILES string of the molecule is O=C(Nc1ncc(Oc2cnc(N3CCOCC3)nc2)s1)C1CC(Oc2ccc(F)cc2F)C1. The standard InChI is InChI=1S/C22H21F2N5O4S/c23-14-1-2-18(17(24)9-14)32-15-7-13(8-15)20(30)28-22-27-12-19(34-22)33-16-10-25-21(26-11-16)29-3-5-31-6-4-29/h1-2,9-13,15H,3-8H2,(H,27,28,30). The third-order valence-corrected chi connectivity index (χ3v) is 6.29. The maximum absolute atomic E-state index is 13.7. The number of hydrogen-bond donors (Lipinski definition) is 1. The zero-order valence-corrected chi connectivity index (χ0v) is 18.8. The van der Waals surface area contributed by atoms with Gasteiger partial charge in [-0.1, -0.05) is 11.3 Å². The minimum atomic E-state index is -0.760. The summed E-state index contributed by atoms with van der Waals surface area (Å²) in [6.07, 6.45) is 5.27. The average molecular weight is 490 g/mol. The fourth-order valence-electron chi connectivity index (χ4n) is 3.60. The summed E-state index contributed by atoms with van der Waals surface area (Å²) in [4.78, 5) is 27.4. The van der Waals surface area contributed by atoms with Gasteiger partial charge in [0.2, 0.25) is 16.9 Å². The molecule has 5 rings (SSSR count). The van der Waals surface area contributed by atoms with Crippen molar-refractivity contribution in [2.75, 3.05) is 36.5 Å². The Balaban J connectivity index is 1.09. The second-order valence-electron chi connectivity index (χ2n) is 7.88.